The van der Waals surface area contributed by atoms with Gasteiger partial charge in [-0.1, -0.05) is 0 Å². The molecule has 1 aliphatic rings. The number of alkyl halides is 3. The van der Waals surface area contributed by atoms with Crippen molar-refractivity contribution in [1.82, 2.24) is 9.97 Å². The minimum absolute atomic E-state index is 0.0177. The summed E-state index contributed by atoms with van der Waals surface area (Å²) in [4.78, 5) is 9.05. The number of halogens is 6. The zero-order chi connectivity index (χ0) is 18.6. The molecule has 1 aromatic carbocycles. The molecule has 1 aliphatic heterocycles. The third-order valence-electron chi connectivity index (χ3n) is 3.77. The van der Waals surface area contributed by atoms with Crippen LogP contribution in [0.5, 0.6) is 0 Å². The zero-order valence-electron chi connectivity index (χ0n) is 12.2. The van der Waals surface area contributed by atoms with Crippen molar-refractivity contribution in [3.63, 3.8) is 0 Å². The lowest BCUT2D eigenvalue weighted by Crippen LogP contribution is -2.40. The Kier molecular flexibility index (Phi) is 4.61. The topological polar surface area (TPSA) is 63.2 Å². The minimum atomic E-state index is -4.80. The first kappa shape index (κ1) is 18.6. The Balaban J connectivity index is 2.24. The third kappa shape index (κ3) is 3.54. The van der Waals surface area contributed by atoms with Gasteiger partial charge in [0.2, 0.25) is 5.28 Å². The van der Waals surface area contributed by atoms with Crippen LogP contribution in [0.2, 0.25) is 5.28 Å². The molecule has 136 valence electrons. The van der Waals surface area contributed by atoms with Crippen LogP contribution >= 0.6 is 27.5 Å². The van der Waals surface area contributed by atoms with Crippen LogP contribution < -0.4 is 4.90 Å². The van der Waals surface area contributed by atoms with Crippen molar-refractivity contribution >= 4 is 54.1 Å². The van der Waals surface area contributed by atoms with E-state index in [1.165, 1.54) is 4.90 Å². The van der Waals surface area contributed by atoms with Gasteiger partial charge in [0.05, 0.1) is 21.5 Å². The van der Waals surface area contributed by atoms with E-state index in [2.05, 4.69) is 25.9 Å². The average molecular weight is 463 g/mol. The van der Waals surface area contributed by atoms with Gasteiger partial charge in [-0.05, 0) is 33.6 Å². The first-order valence-corrected chi connectivity index (χ1v) is 9.86. The average Bonchev–Trinajstić information content (AvgIpc) is 2.49. The van der Waals surface area contributed by atoms with E-state index in [1.54, 1.807) is 0 Å². The van der Waals surface area contributed by atoms with Gasteiger partial charge in [-0.15, -0.1) is 0 Å². The van der Waals surface area contributed by atoms with Crippen LogP contribution in [0.3, 0.4) is 0 Å². The van der Waals surface area contributed by atoms with Gasteiger partial charge in [0.15, 0.2) is 15.7 Å². The second-order valence-electron chi connectivity index (χ2n) is 5.40. The minimum Gasteiger partial charge on any atom is -0.354 e. The van der Waals surface area contributed by atoms with Crippen LogP contribution in [-0.2, 0) is 16.0 Å². The fourth-order valence-corrected chi connectivity index (χ4v) is 4.43. The number of benzene rings is 1. The Labute approximate surface area is 153 Å². The molecule has 12 heteroatoms. The molecule has 0 aliphatic carbocycles. The summed E-state index contributed by atoms with van der Waals surface area (Å²) in [5.74, 6) is -1.59. The molecule has 1 saturated heterocycles. The number of rotatable bonds is 1. The summed E-state index contributed by atoms with van der Waals surface area (Å²) in [7, 11) is -3.21. The third-order valence-corrected chi connectivity index (χ3v) is 6.33. The molecule has 0 saturated carbocycles. The molecule has 5 nitrogen and oxygen atoms in total. The van der Waals surface area contributed by atoms with Crippen LogP contribution in [0.15, 0.2) is 10.5 Å². The van der Waals surface area contributed by atoms with Crippen molar-refractivity contribution in [2.45, 2.75) is 6.18 Å². The highest BCUT2D eigenvalue weighted by atomic mass is 79.9. The van der Waals surface area contributed by atoms with Crippen molar-refractivity contribution < 1.29 is 26.0 Å². The summed E-state index contributed by atoms with van der Waals surface area (Å²) in [6.07, 6.45) is -4.80. The molecule has 0 radical (unpaired) electrons. The van der Waals surface area contributed by atoms with Crippen molar-refractivity contribution in [3.8, 4) is 0 Å². The zero-order valence-corrected chi connectivity index (χ0v) is 15.4. The Morgan fingerprint density at radius 3 is 2.36 bits per heavy atom. The molecule has 0 atom stereocenters. The van der Waals surface area contributed by atoms with Gasteiger partial charge < -0.3 is 4.90 Å². The van der Waals surface area contributed by atoms with Crippen molar-refractivity contribution in [3.05, 3.63) is 27.2 Å². The van der Waals surface area contributed by atoms with E-state index >= 15 is 0 Å². The molecule has 2 aromatic rings. The molecule has 3 rings (SSSR count). The number of aromatic nitrogens is 2. The van der Waals surface area contributed by atoms with Gasteiger partial charge in [0.25, 0.3) is 0 Å². The quantitative estimate of drug-likeness (QED) is 0.480. The summed E-state index contributed by atoms with van der Waals surface area (Å²) in [6, 6.07) is 0.733. The molecule has 25 heavy (non-hydrogen) atoms. The maximum atomic E-state index is 14.4. The lowest BCUT2D eigenvalue weighted by Gasteiger charge is -2.28. The largest absolute Gasteiger partial charge is 0.417 e. The van der Waals surface area contributed by atoms with Crippen LogP contribution in [0.1, 0.15) is 5.56 Å². The molecular weight excluding hydrogens is 454 g/mol. The predicted molar refractivity (Wildman–Crippen MR) is 88.1 cm³/mol. The van der Waals surface area contributed by atoms with Crippen molar-refractivity contribution in [2.24, 2.45) is 0 Å². The number of anilines is 1. The Bertz CT molecular complexity index is 954. The fraction of sp³-hybridized carbons (Fsp3) is 0.385. The highest BCUT2D eigenvalue weighted by molar-refractivity contribution is 9.10. The maximum Gasteiger partial charge on any atom is 0.417 e. The van der Waals surface area contributed by atoms with Gasteiger partial charge in [0, 0.05) is 18.5 Å². The van der Waals surface area contributed by atoms with Crippen LogP contribution in [0.25, 0.3) is 10.9 Å². The van der Waals surface area contributed by atoms with Gasteiger partial charge in [-0.2, -0.15) is 18.2 Å². The summed E-state index contributed by atoms with van der Waals surface area (Å²) < 4.78 is 76.2. The second-order valence-corrected chi connectivity index (χ2v) is 8.84. The SMILES string of the molecule is O=S1(=O)CCN(c2nc(Cl)nc3c(F)c(Br)c(C(F)(F)F)cc23)CC1. The summed E-state index contributed by atoms with van der Waals surface area (Å²) >= 11 is 8.39. The van der Waals surface area contributed by atoms with E-state index in [-0.39, 0.29) is 46.6 Å². The molecule has 0 bridgehead atoms. The Morgan fingerprint density at radius 2 is 1.80 bits per heavy atom. The van der Waals surface area contributed by atoms with E-state index in [0.717, 1.165) is 6.07 Å². The lowest BCUT2D eigenvalue weighted by atomic mass is 10.1. The van der Waals surface area contributed by atoms with E-state index in [4.69, 9.17) is 11.6 Å². The van der Waals surface area contributed by atoms with Gasteiger partial charge in [-0.3, -0.25) is 0 Å². The Hall–Kier alpha value is -1.20. The van der Waals surface area contributed by atoms with Crippen LogP contribution in [-0.4, -0.2) is 43.0 Å². The molecule has 2 heterocycles. The molecule has 0 spiro atoms. The summed E-state index contributed by atoms with van der Waals surface area (Å²) in [6.45, 7) is 0.0353. The van der Waals surface area contributed by atoms with Gasteiger partial charge in [0.1, 0.15) is 11.3 Å². The summed E-state index contributed by atoms with van der Waals surface area (Å²) in [5.41, 5.74) is -1.59. The molecule has 0 N–H and O–H groups in total. The molecular formula is C13H9BrClF4N3O2S. The van der Waals surface area contributed by atoms with Crippen LogP contribution in [0.4, 0.5) is 23.4 Å². The number of sulfone groups is 1. The van der Waals surface area contributed by atoms with E-state index < -0.39 is 31.9 Å². The standard InChI is InChI=1S/C13H9BrClF4N3O2S/c14-8-7(13(17,18)19)5-6-10(9(8)16)20-12(15)21-11(6)22-1-3-25(23,24)4-2-22/h5H,1-4H2. The van der Waals surface area contributed by atoms with E-state index in [9.17, 15) is 26.0 Å². The highest BCUT2D eigenvalue weighted by Gasteiger charge is 2.36. The molecule has 1 aromatic heterocycles. The molecule has 1 fully saturated rings. The number of fused-ring (bicyclic) bond motifs is 1. The van der Waals surface area contributed by atoms with Crippen molar-refractivity contribution in [2.75, 3.05) is 29.5 Å². The monoisotopic (exact) mass is 461 g/mol. The number of nitrogens with zero attached hydrogens (tertiary/aromatic N) is 3. The highest BCUT2D eigenvalue weighted by Crippen LogP contribution is 2.41. The normalized spacial score (nSPS) is 17.9. The smallest absolute Gasteiger partial charge is 0.354 e. The number of hydrogen-bond acceptors (Lipinski definition) is 5. The number of hydrogen-bond donors (Lipinski definition) is 0. The fourth-order valence-electron chi connectivity index (χ4n) is 2.53. The van der Waals surface area contributed by atoms with Crippen LogP contribution in [0, 0.1) is 5.82 Å². The molecule has 0 amide bonds. The van der Waals surface area contributed by atoms with E-state index in [0.29, 0.717) is 0 Å². The second kappa shape index (κ2) is 6.20. The first-order valence-electron chi connectivity index (χ1n) is 6.87. The van der Waals surface area contributed by atoms with Gasteiger partial charge >= 0.3 is 6.18 Å². The van der Waals surface area contributed by atoms with E-state index in [1.807, 2.05) is 0 Å². The lowest BCUT2D eigenvalue weighted by molar-refractivity contribution is -0.138. The summed E-state index contributed by atoms with van der Waals surface area (Å²) in [5, 5.41) is -0.529. The first-order chi connectivity index (χ1) is 11.5. The molecule has 0 unspecified atom stereocenters. The predicted octanol–water partition coefficient (Wildman–Crippen LogP) is 3.44. The van der Waals surface area contributed by atoms with Gasteiger partial charge in [-0.25, -0.2) is 17.8 Å². The maximum absolute atomic E-state index is 14.4. The van der Waals surface area contributed by atoms with Crippen molar-refractivity contribution in [1.29, 1.82) is 0 Å². The Morgan fingerprint density at radius 1 is 1.20 bits per heavy atom.